The lowest BCUT2D eigenvalue weighted by atomic mass is 9.76. The average Bonchev–Trinajstić information content (AvgIpc) is 2.34. The lowest BCUT2D eigenvalue weighted by Crippen LogP contribution is -2.32. The van der Waals surface area contributed by atoms with Gasteiger partial charge in [-0.2, -0.15) is 0 Å². The van der Waals surface area contributed by atoms with E-state index in [4.69, 9.17) is 4.74 Å². The minimum absolute atomic E-state index is 0.515. The number of rotatable bonds is 8. The first-order valence-electron chi connectivity index (χ1n) is 8.24. The maximum Gasteiger partial charge on any atom is 0.0594 e. The third kappa shape index (κ3) is 7.94. The topological polar surface area (TPSA) is 21.3 Å². The molecule has 1 aliphatic carbocycles. The minimum atomic E-state index is 0.515. The van der Waals surface area contributed by atoms with Crippen LogP contribution in [-0.2, 0) is 4.74 Å². The second-order valence-electron chi connectivity index (χ2n) is 7.56. The van der Waals surface area contributed by atoms with Gasteiger partial charge in [0.1, 0.15) is 0 Å². The Balaban J connectivity index is 1.99. The lowest BCUT2D eigenvalue weighted by molar-refractivity contribution is 0.00536. The first kappa shape index (κ1) is 17.0. The van der Waals surface area contributed by atoms with Crippen LogP contribution in [0.5, 0.6) is 0 Å². The first-order chi connectivity index (χ1) is 8.89. The van der Waals surface area contributed by atoms with Crippen molar-refractivity contribution in [2.45, 2.75) is 85.3 Å². The quantitative estimate of drug-likeness (QED) is 0.660. The van der Waals surface area contributed by atoms with Crippen molar-refractivity contribution in [1.82, 2.24) is 5.32 Å². The number of hydrogen-bond donors (Lipinski definition) is 1. The molecule has 1 unspecified atom stereocenters. The van der Waals surface area contributed by atoms with Gasteiger partial charge in [-0.05, 0) is 56.8 Å². The summed E-state index contributed by atoms with van der Waals surface area (Å²) in [5.41, 5.74) is 0.545. The predicted molar refractivity (Wildman–Crippen MR) is 83.5 cm³/mol. The van der Waals surface area contributed by atoms with Gasteiger partial charge in [-0.1, -0.05) is 27.7 Å². The van der Waals surface area contributed by atoms with E-state index in [2.05, 4.69) is 39.9 Å². The summed E-state index contributed by atoms with van der Waals surface area (Å²) in [6.45, 7) is 13.5. The smallest absolute Gasteiger partial charge is 0.0594 e. The molecule has 0 aromatic rings. The van der Waals surface area contributed by atoms with Crippen LogP contribution in [0.25, 0.3) is 0 Å². The van der Waals surface area contributed by atoms with Gasteiger partial charge in [0, 0.05) is 12.6 Å². The van der Waals surface area contributed by atoms with Crippen molar-refractivity contribution in [2.24, 2.45) is 11.3 Å². The predicted octanol–water partition coefficient (Wildman–Crippen LogP) is 4.39. The average molecular weight is 269 g/mol. The summed E-state index contributed by atoms with van der Waals surface area (Å²) in [6.07, 6.45) is 8.22. The molecule has 0 saturated heterocycles. The van der Waals surface area contributed by atoms with Crippen molar-refractivity contribution in [3.8, 4) is 0 Å². The standard InChI is InChI=1S/C17H35NO/c1-14(2)6-7-15(3)18-12-13-19-16-8-10-17(4,5)11-9-16/h14-16,18H,6-13H2,1-5H3. The fourth-order valence-electron chi connectivity index (χ4n) is 2.76. The summed E-state index contributed by atoms with van der Waals surface area (Å²) in [6, 6.07) is 0.622. The van der Waals surface area contributed by atoms with Gasteiger partial charge in [-0.25, -0.2) is 0 Å². The molecule has 0 spiro atoms. The zero-order chi connectivity index (χ0) is 14.3. The number of hydrogen-bond acceptors (Lipinski definition) is 2. The molecule has 0 heterocycles. The van der Waals surface area contributed by atoms with E-state index in [-0.39, 0.29) is 0 Å². The summed E-state index contributed by atoms with van der Waals surface area (Å²) in [5, 5.41) is 3.57. The van der Waals surface area contributed by atoms with Crippen LogP contribution in [-0.4, -0.2) is 25.3 Å². The fourth-order valence-corrected chi connectivity index (χ4v) is 2.76. The van der Waals surface area contributed by atoms with E-state index in [1.54, 1.807) is 0 Å². The molecule has 0 aromatic carbocycles. The molecule has 1 saturated carbocycles. The van der Waals surface area contributed by atoms with E-state index < -0.39 is 0 Å². The monoisotopic (exact) mass is 269 g/mol. The zero-order valence-electron chi connectivity index (χ0n) is 13.8. The van der Waals surface area contributed by atoms with Gasteiger partial charge in [-0.3, -0.25) is 0 Å². The van der Waals surface area contributed by atoms with Crippen molar-refractivity contribution >= 4 is 0 Å². The largest absolute Gasteiger partial charge is 0.377 e. The van der Waals surface area contributed by atoms with Crippen LogP contribution in [0.3, 0.4) is 0 Å². The van der Waals surface area contributed by atoms with Crippen LogP contribution in [0.1, 0.15) is 73.1 Å². The van der Waals surface area contributed by atoms with Gasteiger partial charge >= 0.3 is 0 Å². The van der Waals surface area contributed by atoms with Crippen molar-refractivity contribution < 1.29 is 4.74 Å². The first-order valence-corrected chi connectivity index (χ1v) is 8.24. The SMILES string of the molecule is CC(C)CCC(C)NCCOC1CCC(C)(C)CC1. The Hall–Kier alpha value is -0.0800. The molecule has 1 atom stereocenters. The normalized spacial score (nSPS) is 21.8. The molecule has 0 radical (unpaired) electrons. The molecule has 2 nitrogen and oxygen atoms in total. The fraction of sp³-hybridized carbons (Fsp3) is 1.00. The molecular formula is C17H35NO. The third-order valence-electron chi connectivity index (χ3n) is 4.41. The van der Waals surface area contributed by atoms with E-state index in [9.17, 15) is 0 Å². The number of ether oxygens (including phenoxy) is 1. The third-order valence-corrected chi connectivity index (χ3v) is 4.41. The zero-order valence-corrected chi connectivity index (χ0v) is 13.8. The molecule has 1 aliphatic rings. The molecule has 1 fully saturated rings. The van der Waals surface area contributed by atoms with Crippen LogP contribution in [0, 0.1) is 11.3 Å². The lowest BCUT2D eigenvalue weighted by Gasteiger charge is -2.34. The highest BCUT2D eigenvalue weighted by Gasteiger charge is 2.26. The second-order valence-corrected chi connectivity index (χ2v) is 7.56. The molecular weight excluding hydrogens is 234 g/mol. The Morgan fingerprint density at radius 3 is 2.32 bits per heavy atom. The van der Waals surface area contributed by atoms with E-state index in [1.807, 2.05) is 0 Å². The van der Waals surface area contributed by atoms with Gasteiger partial charge < -0.3 is 10.1 Å². The van der Waals surface area contributed by atoms with E-state index in [1.165, 1.54) is 38.5 Å². The number of nitrogens with one attached hydrogen (secondary N) is 1. The maximum atomic E-state index is 5.99. The van der Waals surface area contributed by atoms with Crippen molar-refractivity contribution in [2.75, 3.05) is 13.2 Å². The van der Waals surface area contributed by atoms with Crippen LogP contribution >= 0.6 is 0 Å². The molecule has 114 valence electrons. The van der Waals surface area contributed by atoms with Crippen molar-refractivity contribution in [3.05, 3.63) is 0 Å². The molecule has 0 amide bonds. The Morgan fingerprint density at radius 2 is 1.74 bits per heavy atom. The van der Waals surface area contributed by atoms with Crippen LogP contribution in [0.4, 0.5) is 0 Å². The van der Waals surface area contributed by atoms with Gasteiger partial charge in [0.2, 0.25) is 0 Å². The van der Waals surface area contributed by atoms with Crippen molar-refractivity contribution in [1.29, 1.82) is 0 Å². The maximum absolute atomic E-state index is 5.99. The molecule has 1 rings (SSSR count). The summed E-state index contributed by atoms with van der Waals surface area (Å²) < 4.78 is 5.99. The van der Waals surface area contributed by atoms with Crippen LogP contribution in [0.2, 0.25) is 0 Å². The van der Waals surface area contributed by atoms with Crippen LogP contribution in [0.15, 0.2) is 0 Å². The highest BCUT2D eigenvalue weighted by atomic mass is 16.5. The molecule has 19 heavy (non-hydrogen) atoms. The van der Waals surface area contributed by atoms with Crippen LogP contribution < -0.4 is 5.32 Å². The minimum Gasteiger partial charge on any atom is -0.377 e. The molecule has 2 heteroatoms. The van der Waals surface area contributed by atoms with Gasteiger partial charge in [0.15, 0.2) is 0 Å². The van der Waals surface area contributed by atoms with Crippen molar-refractivity contribution in [3.63, 3.8) is 0 Å². The summed E-state index contributed by atoms with van der Waals surface area (Å²) in [4.78, 5) is 0. The van der Waals surface area contributed by atoms with Gasteiger partial charge in [0.25, 0.3) is 0 Å². The Labute approximate surface area is 120 Å². The summed E-state index contributed by atoms with van der Waals surface area (Å²) >= 11 is 0. The van der Waals surface area contributed by atoms with Gasteiger partial charge in [-0.15, -0.1) is 0 Å². The molecule has 0 aliphatic heterocycles. The highest BCUT2D eigenvalue weighted by Crippen LogP contribution is 2.35. The Morgan fingerprint density at radius 1 is 1.11 bits per heavy atom. The second kappa shape index (κ2) is 8.26. The van der Waals surface area contributed by atoms with E-state index >= 15 is 0 Å². The van der Waals surface area contributed by atoms with E-state index in [0.29, 0.717) is 17.6 Å². The summed E-state index contributed by atoms with van der Waals surface area (Å²) in [5.74, 6) is 0.811. The molecule has 1 N–H and O–H groups in total. The van der Waals surface area contributed by atoms with Gasteiger partial charge in [0.05, 0.1) is 12.7 Å². The van der Waals surface area contributed by atoms with E-state index in [0.717, 1.165) is 19.1 Å². The molecule has 0 bridgehead atoms. The Bertz CT molecular complexity index is 227. The highest BCUT2D eigenvalue weighted by molar-refractivity contribution is 4.78. The molecule has 0 aromatic heterocycles. The summed E-state index contributed by atoms with van der Waals surface area (Å²) in [7, 11) is 0. The Kier molecular flexibility index (Phi) is 7.38.